The Morgan fingerprint density at radius 1 is 1.19 bits per heavy atom. The van der Waals surface area contributed by atoms with Crippen LogP contribution in [-0.2, 0) is 4.74 Å². The van der Waals surface area contributed by atoms with Crippen LogP contribution in [0.15, 0.2) is 42.0 Å². The van der Waals surface area contributed by atoms with Crippen LogP contribution in [0.3, 0.4) is 0 Å². The molecule has 0 saturated carbocycles. The number of fused-ring (bicyclic) bond motifs is 1. The highest BCUT2D eigenvalue weighted by Gasteiger charge is 2.09. The molecule has 2 heterocycles. The maximum absolute atomic E-state index is 11.6. The van der Waals surface area contributed by atoms with Crippen molar-refractivity contribution >= 4 is 27.5 Å². The lowest BCUT2D eigenvalue weighted by Crippen LogP contribution is -2.04. The minimum absolute atomic E-state index is 0.341. The number of rotatable bonds is 4. The zero-order valence-corrected chi connectivity index (χ0v) is 12.1. The Kier molecular flexibility index (Phi) is 3.79. The minimum atomic E-state index is -0.341. The van der Waals surface area contributed by atoms with Crippen LogP contribution in [0.25, 0.3) is 10.2 Å². The summed E-state index contributed by atoms with van der Waals surface area (Å²) in [6.45, 7) is 2.13. The number of carbonyl (C=O) groups excluding carboxylic acids is 1. The number of carbonyl (C=O) groups is 1. The van der Waals surface area contributed by atoms with E-state index in [1.807, 2.05) is 11.4 Å². The van der Waals surface area contributed by atoms with Crippen molar-refractivity contribution in [1.82, 2.24) is 9.97 Å². The van der Waals surface area contributed by atoms with Gasteiger partial charge in [-0.15, -0.1) is 11.3 Å². The summed E-state index contributed by atoms with van der Waals surface area (Å²) in [4.78, 5) is 19.9. The topological polar surface area (TPSA) is 61.3 Å². The van der Waals surface area contributed by atoms with Crippen molar-refractivity contribution in [2.75, 3.05) is 6.61 Å². The second-order valence-electron chi connectivity index (χ2n) is 4.16. The molecule has 0 unspecified atom stereocenters. The Balaban J connectivity index is 1.82. The molecule has 0 aliphatic heterocycles. The molecular formula is C15H12N2O3S. The highest BCUT2D eigenvalue weighted by Crippen LogP contribution is 2.30. The minimum Gasteiger partial charge on any atom is -0.462 e. The molecular weight excluding hydrogens is 288 g/mol. The molecule has 106 valence electrons. The molecule has 0 bridgehead atoms. The van der Waals surface area contributed by atoms with Gasteiger partial charge in [-0.25, -0.2) is 14.8 Å². The van der Waals surface area contributed by atoms with Gasteiger partial charge in [0, 0.05) is 0 Å². The Labute approximate surface area is 125 Å². The molecule has 3 aromatic rings. The fourth-order valence-electron chi connectivity index (χ4n) is 1.82. The quantitative estimate of drug-likeness (QED) is 0.688. The summed E-state index contributed by atoms with van der Waals surface area (Å²) >= 11 is 1.52. The molecule has 0 aliphatic carbocycles. The molecule has 0 aliphatic rings. The van der Waals surface area contributed by atoms with Crippen molar-refractivity contribution in [3.8, 4) is 11.6 Å². The average molecular weight is 300 g/mol. The van der Waals surface area contributed by atoms with Gasteiger partial charge in [0.1, 0.15) is 16.8 Å². The summed E-state index contributed by atoms with van der Waals surface area (Å²) in [5.41, 5.74) is 1.35. The second kappa shape index (κ2) is 5.88. The fraction of sp³-hybridized carbons (Fsp3) is 0.133. The Hall–Kier alpha value is -2.47. The first kappa shape index (κ1) is 13.5. The van der Waals surface area contributed by atoms with Crippen molar-refractivity contribution < 1.29 is 14.3 Å². The number of hydrogen-bond donors (Lipinski definition) is 0. The van der Waals surface area contributed by atoms with Crippen molar-refractivity contribution in [3.05, 3.63) is 47.6 Å². The van der Waals surface area contributed by atoms with Crippen molar-refractivity contribution in [2.24, 2.45) is 0 Å². The number of hydrogen-bond acceptors (Lipinski definition) is 6. The summed E-state index contributed by atoms with van der Waals surface area (Å²) in [5.74, 6) is 0.780. The summed E-state index contributed by atoms with van der Waals surface area (Å²) in [6.07, 6.45) is 1.47. The van der Waals surface area contributed by atoms with Crippen LogP contribution in [0.4, 0.5) is 0 Å². The summed E-state index contributed by atoms with van der Waals surface area (Å²) in [7, 11) is 0. The van der Waals surface area contributed by atoms with E-state index in [0.717, 1.165) is 10.2 Å². The third kappa shape index (κ3) is 2.85. The average Bonchev–Trinajstić information content (AvgIpc) is 2.98. The van der Waals surface area contributed by atoms with E-state index >= 15 is 0 Å². The van der Waals surface area contributed by atoms with Crippen LogP contribution in [0, 0.1) is 0 Å². The number of benzene rings is 1. The standard InChI is InChI=1S/C15H12N2O3S/c1-2-19-15(18)10-3-5-11(6-4-10)20-14-13-12(7-8-21-13)16-9-17-14/h3-9H,2H2,1H3. The van der Waals surface area contributed by atoms with Gasteiger partial charge >= 0.3 is 5.97 Å². The van der Waals surface area contributed by atoms with Gasteiger partial charge in [0.2, 0.25) is 5.88 Å². The molecule has 0 atom stereocenters. The monoisotopic (exact) mass is 300 g/mol. The number of aromatic nitrogens is 2. The van der Waals surface area contributed by atoms with Crippen LogP contribution in [-0.4, -0.2) is 22.5 Å². The van der Waals surface area contributed by atoms with E-state index in [1.54, 1.807) is 31.2 Å². The van der Waals surface area contributed by atoms with E-state index in [-0.39, 0.29) is 5.97 Å². The van der Waals surface area contributed by atoms with E-state index in [2.05, 4.69) is 9.97 Å². The Morgan fingerprint density at radius 3 is 2.76 bits per heavy atom. The van der Waals surface area contributed by atoms with Gasteiger partial charge in [-0.1, -0.05) is 0 Å². The van der Waals surface area contributed by atoms with E-state index in [0.29, 0.717) is 23.8 Å². The van der Waals surface area contributed by atoms with Crippen LogP contribution in [0.5, 0.6) is 11.6 Å². The van der Waals surface area contributed by atoms with Gasteiger partial charge in [0.15, 0.2) is 0 Å². The fourth-order valence-corrected chi connectivity index (χ4v) is 2.59. The molecule has 3 rings (SSSR count). The lowest BCUT2D eigenvalue weighted by Gasteiger charge is -2.06. The summed E-state index contributed by atoms with van der Waals surface area (Å²) in [5, 5.41) is 1.94. The highest BCUT2D eigenvalue weighted by atomic mass is 32.1. The summed E-state index contributed by atoms with van der Waals surface area (Å²) in [6, 6.07) is 8.68. The van der Waals surface area contributed by atoms with E-state index < -0.39 is 0 Å². The second-order valence-corrected chi connectivity index (χ2v) is 5.08. The Bertz CT molecular complexity index is 768. The largest absolute Gasteiger partial charge is 0.462 e. The molecule has 2 aromatic heterocycles. The molecule has 0 fully saturated rings. The number of nitrogens with zero attached hydrogens (tertiary/aromatic N) is 2. The zero-order valence-electron chi connectivity index (χ0n) is 11.3. The molecule has 0 N–H and O–H groups in total. The van der Waals surface area contributed by atoms with E-state index in [1.165, 1.54) is 17.7 Å². The normalized spacial score (nSPS) is 10.5. The zero-order chi connectivity index (χ0) is 14.7. The molecule has 0 radical (unpaired) electrons. The van der Waals surface area contributed by atoms with Gasteiger partial charge in [-0.2, -0.15) is 0 Å². The predicted molar refractivity (Wildman–Crippen MR) is 79.9 cm³/mol. The number of thiophene rings is 1. The lowest BCUT2D eigenvalue weighted by molar-refractivity contribution is 0.0526. The van der Waals surface area contributed by atoms with Gasteiger partial charge in [-0.3, -0.25) is 0 Å². The van der Waals surface area contributed by atoms with Gasteiger partial charge in [0.25, 0.3) is 0 Å². The molecule has 6 heteroatoms. The van der Waals surface area contributed by atoms with Crippen LogP contribution in [0.1, 0.15) is 17.3 Å². The third-order valence-corrected chi connectivity index (χ3v) is 3.68. The van der Waals surface area contributed by atoms with Gasteiger partial charge in [-0.05, 0) is 42.6 Å². The van der Waals surface area contributed by atoms with Gasteiger partial charge in [0.05, 0.1) is 17.7 Å². The SMILES string of the molecule is CCOC(=O)c1ccc(Oc2ncnc3ccsc23)cc1. The molecule has 21 heavy (non-hydrogen) atoms. The highest BCUT2D eigenvalue weighted by molar-refractivity contribution is 7.17. The summed E-state index contributed by atoms with van der Waals surface area (Å²) < 4.78 is 11.6. The van der Waals surface area contributed by atoms with Crippen LogP contribution < -0.4 is 4.74 Å². The maximum atomic E-state index is 11.6. The predicted octanol–water partition coefficient (Wildman–Crippen LogP) is 3.66. The smallest absolute Gasteiger partial charge is 0.338 e. The molecule has 0 amide bonds. The van der Waals surface area contributed by atoms with Crippen LogP contribution in [0.2, 0.25) is 0 Å². The third-order valence-electron chi connectivity index (χ3n) is 2.79. The first-order chi connectivity index (χ1) is 10.3. The molecule has 5 nitrogen and oxygen atoms in total. The first-order valence-corrected chi connectivity index (χ1v) is 7.29. The molecule has 1 aromatic carbocycles. The van der Waals surface area contributed by atoms with E-state index in [9.17, 15) is 4.79 Å². The molecule has 0 saturated heterocycles. The number of ether oxygens (including phenoxy) is 2. The Morgan fingerprint density at radius 2 is 2.00 bits per heavy atom. The number of esters is 1. The van der Waals surface area contributed by atoms with Crippen LogP contribution >= 0.6 is 11.3 Å². The van der Waals surface area contributed by atoms with Crippen molar-refractivity contribution in [1.29, 1.82) is 0 Å². The first-order valence-electron chi connectivity index (χ1n) is 6.41. The maximum Gasteiger partial charge on any atom is 0.338 e. The van der Waals surface area contributed by atoms with Crippen molar-refractivity contribution in [3.63, 3.8) is 0 Å². The van der Waals surface area contributed by atoms with Crippen molar-refractivity contribution in [2.45, 2.75) is 6.92 Å². The van der Waals surface area contributed by atoms with E-state index in [4.69, 9.17) is 9.47 Å². The van der Waals surface area contributed by atoms with Gasteiger partial charge < -0.3 is 9.47 Å². The molecule has 0 spiro atoms. The lowest BCUT2D eigenvalue weighted by atomic mass is 10.2.